The monoisotopic (exact) mass is 411 g/mol. The van der Waals surface area contributed by atoms with Gasteiger partial charge in [-0.25, -0.2) is 0 Å². The summed E-state index contributed by atoms with van der Waals surface area (Å²) in [5.74, 6) is 5.19. The van der Waals surface area contributed by atoms with E-state index in [2.05, 4.69) is 40.7 Å². The van der Waals surface area contributed by atoms with Crippen molar-refractivity contribution in [2.24, 2.45) is 51.8 Å². The first-order valence-corrected chi connectivity index (χ1v) is 13.1. The summed E-state index contributed by atoms with van der Waals surface area (Å²) in [5.41, 5.74) is 0.187. The van der Waals surface area contributed by atoms with E-state index in [0.29, 0.717) is 30.0 Å². The average molecular weight is 412 g/mol. The van der Waals surface area contributed by atoms with E-state index in [1.165, 1.54) is 51.4 Å². The van der Waals surface area contributed by atoms with Crippen molar-refractivity contribution in [2.75, 3.05) is 0 Å². The number of nitrogens with zero attached hydrogens (tertiary/aromatic N) is 1. The van der Waals surface area contributed by atoms with E-state index >= 15 is 0 Å². The molecule has 4 rings (SSSR count). The molecule has 4 aliphatic carbocycles. The Bertz CT molecular complexity index is 706. The summed E-state index contributed by atoms with van der Waals surface area (Å²) < 4.78 is 0. The van der Waals surface area contributed by atoms with Gasteiger partial charge in [-0.15, -0.1) is 0 Å². The van der Waals surface area contributed by atoms with Gasteiger partial charge in [-0.2, -0.15) is 5.26 Å². The molecule has 2 nitrogen and oxygen atoms in total. The van der Waals surface area contributed by atoms with Gasteiger partial charge in [0.15, 0.2) is 0 Å². The van der Waals surface area contributed by atoms with Crippen molar-refractivity contribution < 1.29 is 4.79 Å². The van der Waals surface area contributed by atoms with Gasteiger partial charge in [-0.05, 0) is 91.3 Å². The molecule has 168 valence electrons. The lowest BCUT2D eigenvalue weighted by Gasteiger charge is -2.63. The van der Waals surface area contributed by atoms with Crippen molar-refractivity contribution in [1.82, 2.24) is 0 Å². The summed E-state index contributed by atoms with van der Waals surface area (Å²) in [5, 5.41) is 10.2. The van der Waals surface area contributed by atoms with E-state index in [4.69, 9.17) is 0 Å². The first kappa shape index (κ1) is 22.4. The normalized spacial score (nSPS) is 46.6. The molecule has 4 saturated carbocycles. The molecule has 0 aromatic carbocycles. The molecule has 1 unspecified atom stereocenters. The Balaban J connectivity index is 1.53. The van der Waals surface area contributed by atoms with Crippen molar-refractivity contribution in [3.63, 3.8) is 0 Å². The minimum Gasteiger partial charge on any atom is -0.300 e. The van der Waals surface area contributed by atoms with Crippen LogP contribution in [-0.2, 0) is 4.79 Å². The third-order valence-electron chi connectivity index (χ3n) is 11.1. The van der Waals surface area contributed by atoms with E-state index < -0.39 is 0 Å². The maximum atomic E-state index is 12.3. The molecule has 30 heavy (non-hydrogen) atoms. The molecule has 0 aliphatic heterocycles. The fourth-order valence-corrected chi connectivity index (χ4v) is 9.32. The molecule has 4 aliphatic rings. The van der Waals surface area contributed by atoms with Crippen LogP contribution in [0.3, 0.4) is 0 Å². The molecule has 8 atom stereocenters. The van der Waals surface area contributed by atoms with Crippen LogP contribution in [0.1, 0.15) is 112 Å². The molecule has 0 aromatic rings. The number of hydrogen-bond donors (Lipinski definition) is 0. The molecule has 0 saturated heterocycles. The number of carbonyl (C=O) groups is 1. The Morgan fingerprint density at radius 1 is 1.00 bits per heavy atom. The zero-order valence-corrected chi connectivity index (χ0v) is 20.3. The molecule has 0 N–H and O–H groups in total. The van der Waals surface area contributed by atoms with Crippen LogP contribution in [0.5, 0.6) is 0 Å². The van der Waals surface area contributed by atoms with E-state index in [9.17, 15) is 10.1 Å². The van der Waals surface area contributed by atoms with Crippen LogP contribution in [-0.4, -0.2) is 5.78 Å². The summed E-state index contributed by atoms with van der Waals surface area (Å²) in [4.78, 5) is 12.3. The maximum absolute atomic E-state index is 12.3. The smallest absolute Gasteiger partial charge is 0.134 e. The predicted octanol–water partition coefficient (Wildman–Crippen LogP) is 7.57. The van der Waals surface area contributed by atoms with Gasteiger partial charge in [0.2, 0.25) is 0 Å². The molecular weight excluding hydrogens is 366 g/mol. The van der Waals surface area contributed by atoms with Crippen LogP contribution in [0.15, 0.2) is 0 Å². The SMILES string of the molecule is CC(C)CCC[C@@H](C)[C@H]1CC[C@H]2[C@@H]3CCC4(C#N)CC(=O)CC[C@]4(C)[C@H]3CC[C@]12C. The van der Waals surface area contributed by atoms with E-state index in [0.717, 1.165) is 42.4 Å². The first-order valence-electron chi connectivity index (χ1n) is 13.1. The van der Waals surface area contributed by atoms with Gasteiger partial charge >= 0.3 is 0 Å². The predicted molar refractivity (Wildman–Crippen MR) is 123 cm³/mol. The van der Waals surface area contributed by atoms with Gasteiger partial charge in [-0.1, -0.05) is 53.9 Å². The van der Waals surface area contributed by atoms with E-state index in [-0.39, 0.29) is 10.8 Å². The summed E-state index contributed by atoms with van der Waals surface area (Å²) in [6.07, 6.45) is 14.0. The lowest BCUT2D eigenvalue weighted by molar-refractivity contribution is -0.154. The Morgan fingerprint density at radius 3 is 2.47 bits per heavy atom. The lowest BCUT2D eigenvalue weighted by Crippen LogP contribution is -2.58. The van der Waals surface area contributed by atoms with Crippen LogP contribution in [0.2, 0.25) is 0 Å². The number of nitriles is 1. The van der Waals surface area contributed by atoms with Gasteiger partial charge in [0.05, 0.1) is 11.5 Å². The second-order valence-corrected chi connectivity index (χ2v) is 12.8. The Kier molecular flexibility index (Phi) is 5.91. The number of fused-ring (bicyclic) bond motifs is 5. The second kappa shape index (κ2) is 7.94. The molecule has 0 aromatic heterocycles. The highest BCUT2D eigenvalue weighted by atomic mass is 16.1. The maximum Gasteiger partial charge on any atom is 0.134 e. The highest BCUT2D eigenvalue weighted by Gasteiger charge is 2.65. The molecule has 0 bridgehead atoms. The fourth-order valence-electron chi connectivity index (χ4n) is 9.32. The third kappa shape index (κ3) is 3.29. The van der Waals surface area contributed by atoms with Gasteiger partial charge < -0.3 is 0 Å². The summed E-state index contributed by atoms with van der Waals surface area (Å²) in [7, 11) is 0. The third-order valence-corrected chi connectivity index (χ3v) is 11.1. The van der Waals surface area contributed by atoms with Crippen molar-refractivity contribution in [3.05, 3.63) is 0 Å². The first-order chi connectivity index (χ1) is 14.2. The second-order valence-electron chi connectivity index (χ2n) is 12.8. The number of carbonyl (C=O) groups excluding carboxylic acids is 1. The Hall–Kier alpha value is -0.840. The van der Waals surface area contributed by atoms with Crippen LogP contribution in [0.4, 0.5) is 0 Å². The van der Waals surface area contributed by atoms with Crippen LogP contribution >= 0.6 is 0 Å². The van der Waals surface area contributed by atoms with Crippen LogP contribution in [0, 0.1) is 63.1 Å². The number of ketones is 1. The van der Waals surface area contributed by atoms with Gasteiger partial charge in [0.25, 0.3) is 0 Å². The molecule has 2 heteroatoms. The Morgan fingerprint density at radius 2 is 1.77 bits per heavy atom. The van der Waals surface area contributed by atoms with Gasteiger partial charge in [0.1, 0.15) is 5.78 Å². The number of Topliss-reactive ketones (excluding diaryl/α,β-unsaturated/α-hetero) is 1. The standard InChI is InChI=1S/C28H45NO/c1-19(2)7-6-8-20(3)23-9-10-24-22-12-16-28(18-29)17-21(30)11-15-27(28,5)25(22)13-14-26(23,24)4/h19-20,22-25H,6-17H2,1-5H3/t20-,22+,23-,24+,25+,26-,27-,28?/m1/s1. The molecule has 4 fully saturated rings. The number of rotatable bonds is 5. The number of hydrogen-bond acceptors (Lipinski definition) is 2. The molecule has 0 radical (unpaired) electrons. The highest BCUT2D eigenvalue weighted by Crippen LogP contribution is 2.71. The van der Waals surface area contributed by atoms with E-state index in [1.54, 1.807) is 0 Å². The summed E-state index contributed by atoms with van der Waals surface area (Å²) in [6, 6.07) is 2.73. The Labute approximate surface area is 185 Å². The van der Waals surface area contributed by atoms with E-state index in [1.807, 2.05) is 0 Å². The zero-order chi connectivity index (χ0) is 21.7. The molecular formula is C28H45NO. The van der Waals surface area contributed by atoms with Crippen LogP contribution in [0.25, 0.3) is 0 Å². The average Bonchev–Trinajstić information content (AvgIpc) is 3.05. The van der Waals surface area contributed by atoms with Crippen molar-refractivity contribution in [1.29, 1.82) is 5.26 Å². The summed E-state index contributed by atoms with van der Waals surface area (Å²) in [6.45, 7) is 12.3. The quantitative estimate of drug-likeness (QED) is 0.468. The molecule has 0 spiro atoms. The van der Waals surface area contributed by atoms with Crippen LogP contribution < -0.4 is 0 Å². The van der Waals surface area contributed by atoms with Crippen molar-refractivity contribution >= 4 is 5.78 Å². The summed E-state index contributed by atoms with van der Waals surface area (Å²) >= 11 is 0. The lowest BCUT2D eigenvalue weighted by atomic mass is 9.40. The minimum absolute atomic E-state index is 0.0564. The topological polar surface area (TPSA) is 40.9 Å². The largest absolute Gasteiger partial charge is 0.300 e. The molecule has 0 heterocycles. The molecule has 0 amide bonds. The zero-order valence-electron chi connectivity index (χ0n) is 20.3. The van der Waals surface area contributed by atoms with Gasteiger partial charge in [0, 0.05) is 12.8 Å². The highest BCUT2D eigenvalue weighted by molar-refractivity contribution is 5.81. The van der Waals surface area contributed by atoms with Gasteiger partial charge in [-0.3, -0.25) is 4.79 Å². The minimum atomic E-state index is -0.376. The fraction of sp³-hybridized carbons (Fsp3) is 0.929. The van der Waals surface area contributed by atoms with Crippen molar-refractivity contribution in [3.8, 4) is 6.07 Å². The van der Waals surface area contributed by atoms with Crippen molar-refractivity contribution in [2.45, 2.75) is 112 Å².